The molecule has 2 aliphatic rings. The van der Waals surface area contributed by atoms with Gasteiger partial charge in [0.05, 0.1) is 11.8 Å². The normalized spacial score (nSPS) is 26.2. The van der Waals surface area contributed by atoms with Gasteiger partial charge in [0.15, 0.2) is 0 Å². The number of allylic oxidation sites excluding steroid dienone is 2. The maximum atomic E-state index is 12.6. The van der Waals surface area contributed by atoms with E-state index in [1.807, 2.05) is 26.0 Å². The fourth-order valence-corrected chi connectivity index (χ4v) is 3.19. The van der Waals surface area contributed by atoms with E-state index < -0.39 is 6.04 Å². The number of likely N-dealkylation sites (N-methyl/N-ethyl adjacent to an activating group) is 1. The summed E-state index contributed by atoms with van der Waals surface area (Å²) in [5.41, 5.74) is 0. The van der Waals surface area contributed by atoms with Crippen LogP contribution in [0.25, 0.3) is 0 Å². The number of likely N-dealkylation sites (tertiary alicyclic amines) is 1. The average Bonchev–Trinajstić information content (AvgIpc) is 2.68. The molecule has 3 amide bonds. The van der Waals surface area contributed by atoms with Crippen LogP contribution in [0.5, 0.6) is 0 Å². The number of imide groups is 1. The van der Waals surface area contributed by atoms with Gasteiger partial charge in [-0.05, 0) is 25.2 Å². The Balaban J connectivity index is 2.29. The molecule has 1 aliphatic heterocycles. The quantitative estimate of drug-likeness (QED) is 0.582. The van der Waals surface area contributed by atoms with E-state index in [1.165, 1.54) is 9.80 Å². The molecule has 2 rings (SSSR count). The van der Waals surface area contributed by atoms with Gasteiger partial charge >= 0.3 is 0 Å². The van der Waals surface area contributed by atoms with Crippen molar-refractivity contribution in [1.82, 2.24) is 9.80 Å². The Bertz CT molecular complexity index is 456. The number of hydrogen-bond donors (Lipinski definition) is 0. The number of amides is 3. The minimum atomic E-state index is -0.661. The molecule has 0 aromatic rings. The molecular weight excluding hydrogens is 268 g/mol. The predicted molar refractivity (Wildman–Crippen MR) is 79.1 cm³/mol. The van der Waals surface area contributed by atoms with Crippen LogP contribution >= 0.6 is 0 Å². The summed E-state index contributed by atoms with van der Waals surface area (Å²) in [5, 5.41) is 0. The van der Waals surface area contributed by atoms with E-state index in [0.717, 1.165) is 0 Å². The van der Waals surface area contributed by atoms with E-state index in [2.05, 4.69) is 0 Å². The topological polar surface area (TPSA) is 57.7 Å². The van der Waals surface area contributed by atoms with Gasteiger partial charge in [0, 0.05) is 14.1 Å². The van der Waals surface area contributed by atoms with Gasteiger partial charge in [-0.25, -0.2) is 0 Å². The lowest BCUT2D eigenvalue weighted by Gasteiger charge is -2.29. The van der Waals surface area contributed by atoms with Crippen LogP contribution in [0, 0.1) is 17.8 Å². The van der Waals surface area contributed by atoms with Crippen LogP contribution < -0.4 is 0 Å². The summed E-state index contributed by atoms with van der Waals surface area (Å²) in [6, 6.07) is -0.661. The number of fused-ring (bicyclic) bond motifs is 1. The Labute approximate surface area is 126 Å². The van der Waals surface area contributed by atoms with Crippen LogP contribution in [0.3, 0.4) is 0 Å². The molecule has 1 aliphatic carbocycles. The second-order valence-corrected chi connectivity index (χ2v) is 6.58. The first-order valence-corrected chi connectivity index (χ1v) is 7.57. The monoisotopic (exact) mass is 292 g/mol. The third kappa shape index (κ3) is 2.87. The van der Waals surface area contributed by atoms with Gasteiger partial charge in [-0.3, -0.25) is 19.3 Å². The van der Waals surface area contributed by atoms with E-state index in [0.29, 0.717) is 19.3 Å². The van der Waals surface area contributed by atoms with Crippen molar-refractivity contribution in [3.63, 3.8) is 0 Å². The fourth-order valence-electron chi connectivity index (χ4n) is 3.19. The molecule has 1 heterocycles. The van der Waals surface area contributed by atoms with Crippen LogP contribution in [-0.4, -0.2) is 47.7 Å². The van der Waals surface area contributed by atoms with Crippen molar-refractivity contribution in [2.24, 2.45) is 17.8 Å². The summed E-state index contributed by atoms with van der Waals surface area (Å²) in [6.45, 7) is 3.99. The first-order chi connectivity index (χ1) is 9.84. The first-order valence-electron chi connectivity index (χ1n) is 7.57. The molecule has 0 N–H and O–H groups in total. The largest absolute Gasteiger partial charge is 0.347 e. The molecule has 0 spiro atoms. The number of carbonyl (C=O) groups excluding carboxylic acids is 3. The lowest BCUT2D eigenvalue weighted by atomic mass is 9.85. The van der Waals surface area contributed by atoms with Crippen molar-refractivity contribution >= 4 is 17.7 Å². The molecule has 1 fully saturated rings. The standard InChI is InChI=1S/C16H24N2O3/c1-10(2)9-13(16(21)17(3)4)18-14(19)11-7-5-6-8-12(11)15(18)20/h5-6,10-13H,7-9H2,1-4H3/t11-,12+,13-/m0/s1. The highest BCUT2D eigenvalue weighted by Gasteiger charge is 2.51. The highest BCUT2D eigenvalue weighted by atomic mass is 16.2. The molecule has 0 saturated carbocycles. The van der Waals surface area contributed by atoms with Gasteiger partial charge in [0.2, 0.25) is 17.7 Å². The second kappa shape index (κ2) is 6.00. The Kier molecular flexibility index (Phi) is 4.49. The SMILES string of the molecule is CC(C)C[C@@H](C(=O)N(C)C)N1C(=O)[C@H]2CC=CC[C@H]2C1=O. The summed E-state index contributed by atoms with van der Waals surface area (Å²) in [6.07, 6.45) is 5.65. The summed E-state index contributed by atoms with van der Waals surface area (Å²) >= 11 is 0. The smallest absolute Gasteiger partial charge is 0.245 e. The van der Waals surface area contributed by atoms with Gasteiger partial charge < -0.3 is 4.90 Å². The third-order valence-corrected chi connectivity index (χ3v) is 4.27. The molecular formula is C16H24N2O3. The Morgan fingerprint density at radius 1 is 1.19 bits per heavy atom. The third-order valence-electron chi connectivity index (χ3n) is 4.27. The molecule has 1 saturated heterocycles. The Hall–Kier alpha value is -1.65. The van der Waals surface area contributed by atoms with Crippen molar-refractivity contribution in [2.45, 2.75) is 39.2 Å². The summed E-state index contributed by atoms with van der Waals surface area (Å²) in [5.74, 6) is -0.818. The van der Waals surface area contributed by atoms with Crippen molar-refractivity contribution in [3.05, 3.63) is 12.2 Å². The second-order valence-electron chi connectivity index (χ2n) is 6.58. The molecule has 0 radical (unpaired) electrons. The lowest BCUT2D eigenvalue weighted by Crippen LogP contribution is -2.50. The zero-order valence-electron chi connectivity index (χ0n) is 13.2. The molecule has 116 valence electrons. The number of carbonyl (C=O) groups is 3. The van der Waals surface area contributed by atoms with Gasteiger partial charge in [-0.2, -0.15) is 0 Å². The van der Waals surface area contributed by atoms with Gasteiger partial charge in [0.25, 0.3) is 0 Å². The number of rotatable bonds is 4. The molecule has 0 unspecified atom stereocenters. The molecule has 5 heteroatoms. The zero-order chi connectivity index (χ0) is 15.7. The maximum absolute atomic E-state index is 12.6. The van der Waals surface area contributed by atoms with Crippen LogP contribution in [0.15, 0.2) is 12.2 Å². The van der Waals surface area contributed by atoms with Crippen molar-refractivity contribution in [3.8, 4) is 0 Å². The Morgan fingerprint density at radius 2 is 1.67 bits per heavy atom. The van der Waals surface area contributed by atoms with Crippen LogP contribution in [0.2, 0.25) is 0 Å². The summed E-state index contributed by atoms with van der Waals surface area (Å²) in [4.78, 5) is 40.3. The van der Waals surface area contributed by atoms with Crippen LogP contribution in [0.1, 0.15) is 33.1 Å². The van der Waals surface area contributed by atoms with Crippen molar-refractivity contribution < 1.29 is 14.4 Å². The van der Waals surface area contributed by atoms with E-state index in [9.17, 15) is 14.4 Å². The highest BCUT2D eigenvalue weighted by molar-refractivity contribution is 6.08. The van der Waals surface area contributed by atoms with Crippen LogP contribution in [0.4, 0.5) is 0 Å². The van der Waals surface area contributed by atoms with Gasteiger partial charge in [0.1, 0.15) is 6.04 Å². The molecule has 3 atom stereocenters. The van der Waals surface area contributed by atoms with E-state index in [4.69, 9.17) is 0 Å². The Morgan fingerprint density at radius 3 is 2.05 bits per heavy atom. The molecule has 0 bridgehead atoms. The molecule has 21 heavy (non-hydrogen) atoms. The summed E-state index contributed by atoms with van der Waals surface area (Å²) in [7, 11) is 3.32. The molecule has 0 aromatic heterocycles. The number of nitrogens with zero attached hydrogens (tertiary/aromatic N) is 2. The van der Waals surface area contributed by atoms with Crippen molar-refractivity contribution in [1.29, 1.82) is 0 Å². The lowest BCUT2D eigenvalue weighted by molar-refractivity contribution is -0.151. The minimum Gasteiger partial charge on any atom is -0.347 e. The maximum Gasteiger partial charge on any atom is 0.245 e. The average molecular weight is 292 g/mol. The van der Waals surface area contributed by atoms with E-state index in [1.54, 1.807) is 14.1 Å². The van der Waals surface area contributed by atoms with E-state index >= 15 is 0 Å². The summed E-state index contributed by atoms with van der Waals surface area (Å²) < 4.78 is 0. The van der Waals surface area contributed by atoms with Crippen molar-refractivity contribution in [2.75, 3.05) is 14.1 Å². The molecule has 0 aromatic carbocycles. The van der Waals surface area contributed by atoms with Gasteiger partial charge in [-0.1, -0.05) is 26.0 Å². The first kappa shape index (κ1) is 15.7. The predicted octanol–water partition coefficient (Wildman–Crippen LogP) is 1.44. The van der Waals surface area contributed by atoms with E-state index in [-0.39, 0.29) is 35.5 Å². The van der Waals surface area contributed by atoms with Gasteiger partial charge in [-0.15, -0.1) is 0 Å². The molecule has 5 nitrogen and oxygen atoms in total. The number of hydrogen-bond acceptors (Lipinski definition) is 3. The highest BCUT2D eigenvalue weighted by Crippen LogP contribution is 2.37. The minimum absolute atomic E-state index is 0.169. The van der Waals surface area contributed by atoms with Crippen LogP contribution in [-0.2, 0) is 14.4 Å². The fraction of sp³-hybridized carbons (Fsp3) is 0.688. The zero-order valence-corrected chi connectivity index (χ0v) is 13.2.